The summed E-state index contributed by atoms with van der Waals surface area (Å²) in [7, 11) is 0. The van der Waals surface area contributed by atoms with E-state index >= 15 is 0 Å². The third kappa shape index (κ3) is 4.34. The molecule has 180 valence electrons. The fraction of sp³-hybridized carbons (Fsp3) is 0.200. The first-order valence-electron chi connectivity index (χ1n) is 10.7. The van der Waals surface area contributed by atoms with Crippen molar-refractivity contribution in [3.8, 4) is 5.82 Å². The lowest BCUT2D eigenvalue weighted by Crippen LogP contribution is -2.20. The molecule has 0 aliphatic heterocycles. The van der Waals surface area contributed by atoms with E-state index in [2.05, 4.69) is 15.4 Å². The van der Waals surface area contributed by atoms with Crippen LogP contribution in [0.1, 0.15) is 44.3 Å². The summed E-state index contributed by atoms with van der Waals surface area (Å²) in [4.78, 5) is 30.0. The molecule has 1 N–H and O–H groups in total. The van der Waals surface area contributed by atoms with Crippen LogP contribution in [0.4, 0.5) is 19.0 Å². The molecule has 7 nitrogen and oxygen atoms in total. The van der Waals surface area contributed by atoms with Gasteiger partial charge < -0.3 is 10.1 Å². The molecule has 2 heterocycles. The Morgan fingerprint density at radius 3 is 2.46 bits per heavy atom. The first-order valence-corrected chi connectivity index (χ1v) is 10.7. The lowest BCUT2D eigenvalue weighted by Gasteiger charge is -2.14. The Kier molecular flexibility index (Phi) is 6.29. The summed E-state index contributed by atoms with van der Waals surface area (Å²) < 4.78 is 47.5. The number of carbonyl (C=O) groups excluding carboxylic acids is 2. The maximum atomic E-state index is 14.2. The minimum Gasteiger partial charge on any atom is -0.462 e. The number of carbonyl (C=O) groups is 2. The van der Waals surface area contributed by atoms with Gasteiger partial charge in [-0.15, -0.1) is 0 Å². The van der Waals surface area contributed by atoms with E-state index in [4.69, 9.17) is 4.74 Å². The first kappa shape index (κ1) is 23.9. The van der Waals surface area contributed by atoms with Crippen molar-refractivity contribution in [2.45, 2.75) is 27.7 Å². The summed E-state index contributed by atoms with van der Waals surface area (Å²) in [5.74, 6) is -6.65. The normalized spacial score (nSPS) is 11.1. The second-order valence-electron chi connectivity index (χ2n) is 7.99. The van der Waals surface area contributed by atoms with E-state index in [1.54, 1.807) is 13.0 Å². The number of halogens is 3. The summed E-state index contributed by atoms with van der Waals surface area (Å²) in [5, 5.41) is 7.51. The number of nitrogens with zero attached hydrogens (tertiary/aromatic N) is 3. The van der Waals surface area contributed by atoms with Crippen molar-refractivity contribution in [1.82, 2.24) is 14.8 Å². The van der Waals surface area contributed by atoms with Crippen LogP contribution in [0.2, 0.25) is 0 Å². The topological polar surface area (TPSA) is 86.1 Å². The summed E-state index contributed by atoms with van der Waals surface area (Å²) in [6.45, 7) is 7.44. The van der Waals surface area contributed by atoms with Gasteiger partial charge >= 0.3 is 5.97 Å². The van der Waals surface area contributed by atoms with Crippen LogP contribution in [0.25, 0.3) is 16.7 Å². The Bertz CT molecular complexity index is 1500. The highest BCUT2D eigenvalue weighted by molar-refractivity contribution is 6.07. The molecule has 35 heavy (non-hydrogen) atoms. The molecule has 0 radical (unpaired) electrons. The largest absolute Gasteiger partial charge is 0.462 e. The molecular weight excluding hydrogens is 461 g/mol. The van der Waals surface area contributed by atoms with E-state index in [9.17, 15) is 22.8 Å². The van der Waals surface area contributed by atoms with Crippen molar-refractivity contribution in [3.05, 3.63) is 81.8 Å². The number of esters is 1. The molecule has 10 heteroatoms. The number of hydrogen-bond donors (Lipinski definition) is 1. The van der Waals surface area contributed by atoms with Crippen LogP contribution in [0.15, 0.2) is 36.5 Å². The van der Waals surface area contributed by atoms with Crippen LogP contribution < -0.4 is 5.32 Å². The van der Waals surface area contributed by atoms with Crippen molar-refractivity contribution < 1.29 is 27.5 Å². The van der Waals surface area contributed by atoms with Crippen LogP contribution in [-0.4, -0.2) is 33.2 Å². The third-order valence-electron chi connectivity index (χ3n) is 5.43. The molecular formula is C25H21F3N4O3. The van der Waals surface area contributed by atoms with E-state index < -0.39 is 34.9 Å². The number of aromatic nitrogens is 3. The zero-order valence-corrected chi connectivity index (χ0v) is 19.4. The average Bonchev–Trinajstić information content (AvgIpc) is 3.21. The van der Waals surface area contributed by atoms with Crippen molar-refractivity contribution in [2.75, 3.05) is 11.9 Å². The van der Waals surface area contributed by atoms with Gasteiger partial charge in [0.1, 0.15) is 5.56 Å². The molecule has 1 amide bonds. The number of pyridine rings is 1. The van der Waals surface area contributed by atoms with Crippen LogP contribution in [0, 0.1) is 38.2 Å². The molecule has 2 aromatic carbocycles. The van der Waals surface area contributed by atoms with Gasteiger partial charge in [0, 0.05) is 5.39 Å². The zero-order chi connectivity index (χ0) is 25.4. The van der Waals surface area contributed by atoms with E-state index in [-0.39, 0.29) is 23.8 Å². The fourth-order valence-corrected chi connectivity index (χ4v) is 3.81. The molecule has 0 atom stereocenters. The highest BCUT2D eigenvalue weighted by atomic mass is 19.2. The third-order valence-corrected chi connectivity index (χ3v) is 5.43. The van der Waals surface area contributed by atoms with Gasteiger partial charge in [0.25, 0.3) is 5.91 Å². The van der Waals surface area contributed by atoms with Gasteiger partial charge in [0.15, 0.2) is 29.1 Å². The molecule has 4 rings (SSSR count). The number of anilines is 1. The van der Waals surface area contributed by atoms with Crippen LogP contribution >= 0.6 is 0 Å². The highest BCUT2D eigenvalue weighted by Gasteiger charge is 2.25. The number of nitrogens with one attached hydrogen (secondary N) is 1. The second-order valence-corrected chi connectivity index (χ2v) is 7.99. The quantitative estimate of drug-likeness (QED) is 0.313. The van der Waals surface area contributed by atoms with Gasteiger partial charge in [-0.2, -0.15) is 9.78 Å². The number of fused-ring (bicyclic) bond motifs is 1. The molecule has 4 aromatic rings. The zero-order valence-electron chi connectivity index (χ0n) is 19.4. The number of ether oxygens (including phenoxy) is 1. The fourth-order valence-electron chi connectivity index (χ4n) is 3.81. The van der Waals surface area contributed by atoms with Gasteiger partial charge in [0.2, 0.25) is 0 Å². The van der Waals surface area contributed by atoms with Gasteiger partial charge in [-0.25, -0.2) is 22.9 Å². The molecule has 0 saturated carbocycles. The molecule has 0 unspecified atom stereocenters. The predicted octanol–water partition coefficient (Wildman–Crippen LogP) is 5.19. The summed E-state index contributed by atoms with van der Waals surface area (Å²) in [5.41, 5.74) is 2.68. The van der Waals surface area contributed by atoms with Crippen molar-refractivity contribution in [3.63, 3.8) is 0 Å². The molecule has 2 aromatic heterocycles. The van der Waals surface area contributed by atoms with Crippen LogP contribution in [0.3, 0.4) is 0 Å². The standard InChI is InChI=1S/C25H21F3N4O3/c1-5-35-25(34)17-11-29-32(19-10-13(3)16-9-12(2)8-14(4)22(16)30-19)23(17)31-24(33)15-6-7-18(26)21(28)20(15)27/h6-11H,5H2,1-4H3,(H,31,33). The van der Waals surface area contributed by atoms with Gasteiger partial charge in [-0.1, -0.05) is 11.6 Å². The summed E-state index contributed by atoms with van der Waals surface area (Å²) in [6.07, 6.45) is 1.18. The van der Waals surface area contributed by atoms with Gasteiger partial charge in [-0.3, -0.25) is 4.79 Å². The van der Waals surface area contributed by atoms with Crippen molar-refractivity contribution in [2.24, 2.45) is 0 Å². The SMILES string of the molecule is CCOC(=O)c1cnn(-c2cc(C)c3cc(C)cc(C)c3n2)c1NC(=O)c1ccc(F)c(F)c1F. The van der Waals surface area contributed by atoms with Gasteiger partial charge in [-0.05, 0) is 63.1 Å². The lowest BCUT2D eigenvalue weighted by atomic mass is 10.0. The Hall–Kier alpha value is -4.21. The molecule has 0 spiro atoms. The predicted molar refractivity (Wildman–Crippen MR) is 123 cm³/mol. The maximum Gasteiger partial charge on any atom is 0.343 e. The number of benzene rings is 2. The smallest absolute Gasteiger partial charge is 0.343 e. The summed E-state index contributed by atoms with van der Waals surface area (Å²) in [6, 6.07) is 7.13. The minimum atomic E-state index is -1.78. The molecule has 0 saturated heterocycles. The highest BCUT2D eigenvalue weighted by Crippen LogP contribution is 2.27. The Labute approximate surface area is 198 Å². The van der Waals surface area contributed by atoms with E-state index in [1.807, 2.05) is 32.9 Å². The van der Waals surface area contributed by atoms with E-state index in [0.29, 0.717) is 11.6 Å². The number of aryl methyl sites for hydroxylation is 3. The summed E-state index contributed by atoms with van der Waals surface area (Å²) >= 11 is 0. The van der Waals surface area contributed by atoms with Crippen LogP contribution in [-0.2, 0) is 4.74 Å². The monoisotopic (exact) mass is 482 g/mol. The first-order chi connectivity index (χ1) is 16.6. The molecule has 0 fully saturated rings. The Balaban J connectivity index is 1.86. The van der Waals surface area contributed by atoms with E-state index in [0.717, 1.165) is 28.1 Å². The van der Waals surface area contributed by atoms with E-state index in [1.165, 1.54) is 10.9 Å². The Morgan fingerprint density at radius 2 is 1.74 bits per heavy atom. The van der Waals surface area contributed by atoms with Crippen molar-refractivity contribution >= 4 is 28.6 Å². The average molecular weight is 482 g/mol. The lowest BCUT2D eigenvalue weighted by molar-refractivity contribution is 0.0527. The molecule has 0 bridgehead atoms. The minimum absolute atomic E-state index is 0.0566. The Morgan fingerprint density at radius 1 is 1.00 bits per heavy atom. The number of amides is 1. The van der Waals surface area contributed by atoms with Gasteiger partial charge in [0.05, 0.1) is 23.9 Å². The number of hydrogen-bond acceptors (Lipinski definition) is 5. The van der Waals surface area contributed by atoms with Crippen molar-refractivity contribution in [1.29, 1.82) is 0 Å². The van der Waals surface area contributed by atoms with Crippen LogP contribution in [0.5, 0.6) is 0 Å². The maximum absolute atomic E-state index is 14.2. The second kappa shape index (κ2) is 9.21. The molecule has 0 aliphatic carbocycles. The molecule has 0 aliphatic rings. The number of rotatable bonds is 5.